The highest BCUT2D eigenvalue weighted by atomic mass is 35.5. The van der Waals surface area contributed by atoms with Crippen LogP contribution in [0, 0.1) is 0 Å². The van der Waals surface area contributed by atoms with Crippen molar-refractivity contribution in [2.75, 3.05) is 0 Å². The molecular weight excluding hydrogens is 114 g/mol. The van der Waals surface area contributed by atoms with Crippen LogP contribution in [0.1, 0.15) is 6.92 Å². The zero-order valence-electron chi connectivity index (χ0n) is 3.99. The summed E-state index contributed by atoms with van der Waals surface area (Å²) in [6.07, 6.45) is 0. The van der Waals surface area contributed by atoms with Crippen LogP contribution in [0.3, 0.4) is 0 Å². The van der Waals surface area contributed by atoms with Crippen molar-refractivity contribution >= 4 is 17.0 Å². The van der Waals surface area contributed by atoms with E-state index in [2.05, 4.69) is 11.9 Å². The summed E-state index contributed by atoms with van der Waals surface area (Å²) in [4.78, 5) is 9.85. The molecule has 0 unspecified atom stereocenters. The summed E-state index contributed by atoms with van der Waals surface area (Å²) >= 11 is 4.86. The maximum absolute atomic E-state index is 9.85. The number of rotatable bonds is 1. The molecule has 7 heavy (non-hydrogen) atoms. The van der Waals surface area contributed by atoms with Gasteiger partial charge in [-0.05, 0) is 18.5 Å². The Morgan fingerprint density at radius 3 is 2.29 bits per heavy atom. The lowest BCUT2D eigenvalue weighted by molar-refractivity contribution is 0.262. The summed E-state index contributed by atoms with van der Waals surface area (Å²) in [5, 5.41) is 1.65. The number of carbonyl (C=O) groups is 1. The van der Waals surface area contributed by atoms with Crippen molar-refractivity contribution in [3.63, 3.8) is 0 Å². The molecular formula is C4H6ClNO. The fourth-order valence-electron chi connectivity index (χ4n) is 0.168. The molecule has 0 fully saturated rings. The van der Waals surface area contributed by atoms with Crippen LogP contribution < -0.4 is 5.32 Å². The lowest BCUT2D eigenvalue weighted by atomic mass is 10.6. The van der Waals surface area contributed by atoms with Crippen molar-refractivity contribution in [3.05, 3.63) is 12.3 Å². The van der Waals surface area contributed by atoms with Crippen LogP contribution in [-0.2, 0) is 0 Å². The molecule has 0 rings (SSSR count). The van der Waals surface area contributed by atoms with Crippen LogP contribution in [0.25, 0.3) is 0 Å². The fourth-order valence-corrected chi connectivity index (χ4v) is 0.329. The molecule has 0 heterocycles. The quantitative estimate of drug-likeness (QED) is 0.411. The monoisotopic (exact) mass is 119 g/mol. The van der Waals surface area contributed by atoms with Crippen LogP contribution in [0.15, 0.2) is 12.3 Å². The van der Waals surface area contributed by atoms with Gasteiger partial charge >= 0.3 is 5.37 Å². The number of hydrogen-bond acceptors (Lipinski definition) is 1. The van der Waals surface area contributed by atoms with E-state index in [0.29, 0.717) is 5.70 Å². The Bertz CT molecular complexity index is 87.9. The summed E-state index contributed by atoms with van der Waals surface area (Å²) in [5.74, 6) is 0. The predicted octanol–water partition coefficient (Wildman–Crippen LogP) is 1.47. The third-order valence-corrected chi connectivity index (χ3v) is 0.406. The zero-order chi connectivity index (χ0) is 5.86. The second kappa shape index (κ2) is 2.64. The number of allylic oxidation sites excluding steroid dienone is 1. The summed E-state index contributed by atoms with van der Waals surface area (Å²) in [5.41, 5.74) is 0.556. The van der Waals surface area contributed by atoms with E-state index in [1.54, 1.807) is 6.92 Å². The SMILES string of the molecule is C=C(C)NC(=O)Cl. The molecule has 2 nitrogen and oxygen atoms in total. The van der Waals surface area contributed by atoms with Crippen molar-refractivity contribution in [1.29, 1.82) is 0 Å². The van der Waals surface area contributed by atoms with Gasteiger partial charge in [0.1, 0.15) is 0 Å². The molecule has 0 aromatic carbocycles. The fraction of sp³-hybridized carbons (Fsp3) is 0.250. The highest BCUT2D eigenvalue weighted by molar-refractivity contribution is 6.63. The molecule has 0 saturated heterocycles. The Labute approximate surface area is 47.2 Å². The lowest BCUT2D eigenvalue weighted by Gasteiger charge is -1.92. The Kier molecular flexibility index (Phi) is 2.45. The minimum Gasteiger partial charge on any atom is -0.317 e. The lowest BCUT2D eigenvalue weighted by Crippen LogP contribution is -2.11. The van der Waals surface area contributed by atoms with Crippen molar-refractivity contribution in [2.24, 2.45) is 0 Å². The standard InChI is InChI=1S/C4H6ClNO/c1-3(2)6-4(5)7/h1H2,2H3,(H,6,7). The van der Waals surface area contributed by atoms with Crippen LogP contribution in [0.2, 0.25) is 0 Å². The van der Waals surface area contributed by atoms with Crippen LogP contribution >= 0.6 is 11.6 Å². The van der Waals surface area contributed by atoms with Gasteiger partial charge in [0.05, 0.1) is 0 Å². The largest absolute Gasteiger partial charge is 0.317 e. The number of hydrogen-bond donors (Lipinski definition) is 1. The Balaban J connectivity index is 3.32. The first-order valence-corrected chi connectivity index (χ1v) is 2.12. The van der Waals surface area contributed by atoms with E-state index < -0.39 is 5.37 Å². The van der Waals surface area contributed by atoms with Gasteiger partial charge in [0.2, 0.25) is 0 Å². The van der Waals surface area contributed by atoms with Gasteiger partial charge in [-0.3, -0.25) is 4.79 Å². The van der Waals surface area contributed by atoms with E-state index in [9.17, 15) is 4.79 Å². The maximum Gasteiger partial charge on any atom is 0.317 e. The second-order valence-corrected chi connectivity index (χ2v) is 1.52. The molecule has 0 spiro atoms. The van der Waals surface area contributed by atoms with Gasteiger partial charge in [-0.15, -0.1) is 0 Å². The molecule has 0 aliphatic rings. The summed E-state index contributed by atoms with van der Waals surface area (Å²) < 4.78 is 0. The van der Waals surface area contributed by atoms with Crippen LogP contribution in [0.5, 0.6) is 0 Å². The third-order valence-electron chi connectivity index (χ3n) is 0.312. The molecule has 0 bridgehead atoms. The first kappa shape index (κ1) is 6.50. The normalized spacial score (nSPS) is 7.71. The number of halogens is 1. The summed E-state index contributed by atoms with van der Waals surface area (Å²) in [6, 6.07) is 0. The molecule has 3 heteroatoms. The van der Waals surface area contributed by atoms with Gasteiger partial charge < -0.3 is 5.32 Å². The minimum absolute atomic E-state index is 0.556. The van der Waals surface area contributed by atoms with E-state index in [1.165, 1.54) is 0 Å². The molecule has 0 aromatic rings. The van der Waals surface area contributed by atoms with Gasteiger partial charge in [0.25, 0.3) is 0 Å². The van der Waals surface area contributed by atoms with Gasteiger partial charge in [-0.1, -0.05) is 6.58 Å². The first-order valence-electron chi connectivity index (χ1n) is 1.75. The highest BCUT2D eigenvalue weighted by Crippen LogP contribution is 1.82. The van der Waals surface area contributed by atoms with Gasteiger partial charge in [-0.2, -0.15) is 0 Å². The minimum atomic E-state index is -0.590. The third kappa shape index (κ3) is 5.50. The van der Waals surface area contributed by atoms with E-state index in [-0.39, 0.29) is 0 Å². The molecule has 0 radical (unpaired) electrons. The molecule has 0 aliphatic heterocycles. The molecule has 40 valence electrons. The van der Waals surface area contributed by atoms with Crippen molar-refractivity contribution in [1.82, 2.24) is 5.32 Å². The molecule has 0 atom stereocenters. The number of amides is 1. The first-order chi connectivity index (χ1) is 3.13. The van der Waals surface area contributed by atoms with E-state index in [1.807, 2.05) is 0 Å². The van der Waals surface area contributed by atoms with Gasteiger partial charge in [-0.25, -0.2) is 0 Å². The van der Waals surface area contributed by atoms with E-state index >= 15 is 0 Å². The van der Waals surface area contributed by atoms with Crippen LogP contribution in [-0.4, -0.2) is 5.37 Å². The summed E-state index contributed by atoms with van der Waals surface area (Å²) in [7, 11) is 0. The highest BCUT2D eigenvalue weighted by Gasteiger charge is 1.88. The molecule has 0 aliphatic carbocycles. The van der Waals surface area contributed by atoms with Gasteiger partial charge in [0.15, 0.2) is 0 Å². The molecule has 0 saturated carbocycles. The average Bonchev–Trinajstić information content (AvgIpc) is 1.27. The van der Waals surface area contributed by atoms with Crippen molar-refractivity contribution in [2.45, 2.75) is 6.92 Å². The average molecular weight is 120 g/mol. The topological polar surface area (TPSA) is 29.1 Å². The number of carbonyl (C=O) groups excluding carboxylic acids is 1. The summed E-state index contributed by atoms with van der Waals surface area (Å²) in [6.45, 7) is 5.03. The maximum atomic E-state index is 9.85. The zero-order valence-corrected chi connectivity index (χ0v) is 4.75. The predicted molar refractivity (Wildman–Crippen MR) is 29.2 cm³/mol. The second-order valence-electron chi connectivity index (χ2n) is 1.18. The number of nitrogens with one attached hydrogen (secondary N) is 1. The Morgan fingerprint density at radius 2 is 2.29 bits per heavy atom. The Hall–Kier alpha value is -0.500. The smallest absolute Gasteiger partial charge is 0.317 e. The van der Waals surface area contributed by atoms with Crippen molar-refractivity contribution in [3.8, 4) is 0 Å². The van der Waals surface area contributed by atoms with E-state index in [0.717, 1.165) is 0 Å². The van der Waals surface area contributed by atoms with E-state index in [4.69, 9.17) is 11.6 Å². The molecule has 0 aromatic heterocycles. The van der Waals surface area contributed by atoms with Crippen molar-refractivity contribution < 1.29 is 4.79 Å². The molecule has 1 amide bonds. The molecule has 1 N–H and O–H groups in total. The van der Waals surface area contributed by atoms with Crippen LogP contribution in [0.4, 0.5) is 4.79 Å². The Morgan fingerprint density at radius 1 is 1.86 bits per heavy atom. The van der Waals surface area contributed by atoms with Gasteiger partial charge in [0, 0.05) is 5.70 Å².